The highest BCUT2D eigenvalue weighted by Crippen LogP contribution is 2.32. The van der Waals surface area contributed by atoms with E-state index in [1.54, 1.807) is 14.2 Å². The van der Waals surface area contributed by atoms with Crippen LogP contribution >= 0.6 is 0 Å². The molecule has 1 saturated heterocycles. The van der Waals surface area contributed by atoms with E-state index in [0.29, 0.717) is 44.1 Å². The summed E-state index contributed by atoms with van der Waals surface area (Å²) in [5.74, 6) is 1.14. The van der Waals surface area contributed by atoms with E-state index < -0.39 is 11.7 Å². The van der Waals surface area contributed by atoms with Crippen LogP contribution in [0.1, 0.15) is 24.0 Å². The third-order valence-electron chi connectivity index (χ3n) is 6.57. The van der Waals surface area contributed by atoms with Crippen molar-refractivity contribution in [3.8, 4) is 17.2 Å². The van der Waals surface area contributed by atoms with E-state index in [-0.39, 0.29) is 30.1 Å². The number of hydrogen-bond donors (Lipinski definition) is 1. The fraction of sp³-hybridized carbons (Fsp3) is 0.536. The van der Waals surface area contributed by atoms with Crippen LogP contribution in [0.2, 0.25) is 0 Å². The molecule has 210 valence electrons. The molecule has 1 heterocycles. The summed E-state index contributed by atoms with van der Waals surface area (Å²) in [5, 5.41) is 3.05. The number of amides is 1. The molecule has 10 heteroatoms. The van der Waals surface area contributed by atoms with E-state index in [2.05, 4.69) is 15.1 Å². The Morgan fingerprint density at radius 2 is 1.84 bits per heavy atom. The summed E-state index contributed by atoms with van der Waals surface area (Å²) in [4.78, 5) is 17.3. The first-order chi connectivity index (χ1) is 18.1. The summed E-state index contributed by atoms with van der Waals surface area (Å²) in [6.45, 7) is 3.50. The van der Waals surface area contributed by atoms with Crippen molar-refractivity contribution >= 4 is 5.91 Å². The Kier molecular flexibility index (Phi) is 10.7. The van der Waals surface area contributed by atoms with Crippen LogP contribution in [0.4, 0.5) is 13.2 Å². The molecule has 1 fully saturated rings. The fourth-order valence-corrected chi connectivity index (χ4v) is 4.71. The summed E-state index contributed by atoms with van der Waals surface area (Å²) in [6.07, 6.45) is -2.99. The minimum absolute atomic E-state index is 0.00941. The molecular formula is C28H38F3N3O4. The van der Waals surface area contributed by atoms with Gasteiger partial charge >= 0.3 is 6.18 Å². The summed E-state index contributed by atoms with van der Waals surface area (Å²) >= 11 is 0. The standard InChI is InChI=1S/C28H38F3N3O4/c1-33(2)12-6-11-32-27(35)22-13-21(19-38-24-8-5-7-23(15-24)28(29,30)31)17-34(18-22)16-20-9-10-25(36-3)26(14-20)37-4/h5,7-10,14-15,21-22H,6,11-13,16-19H2,1-4H3,(H,32,35)/t21-,22+/m0/s1. The van der Waals surface area contributed by atoms with E-state index >= 15 is 0 Å². The van der Waals surface area contributed by atoms with Gasteiger partial charge in [-0.25, -0.2) is 0 Å². The van der Waals surface area contributed by atoms with Gasteiger partial charge in [0, 0.05) is 32.1 Å². The van der Waals surface area contributed by atoms with Crippen LogP contribution in [0.3, 0.4) is 0 Å². The minimum atomic E-state index is -4.43. The van der Waals surface area contributed by atoms with Crippen LogP contribution in [0.25, 0.3) is 0 Å². The average molecular weight is 538 g/mol. The predicted octanol–water partition coefficient (Wildman–Crippen LogP) is 4.31. The van der Waals surface area contributed by atoms with Crippen molar-refractivity contribution in [2.45, 2.75) is 25.6 Å². The lowest BCUT2D eigenvalue weighted by Crippen LogP contribution is -2.47. The van der Waals surface area contributed by atoms with E-state index in [1.807, 2.05) is 32.3 Å². The molecule has 1 aliphatic heterocycles. The van der Waals surface area contributed by atoms with Gasteiger partial charge in [0.1, 0.15) is 5.75 Å². The Morgan fingerprint density at radius 1 is 1.08 bits per heavy atom. The smallest absolute Gasteiger partial charge is 0.416 e. The molecule has 0 spiro atoms. The van der Waals surface area contributed by atoms with E-state index in [9.17, 15) is 18.0 Å². The van der Waals surface area contributed by atoms with E-state index in [0.717, 1.165) is 30.7 Å². The molecule has 2 aromatic carbocycles. The topological polar surface area (TPSA) is 63.3 Å². The second kappa shape index (κ2) is 13.7. The number of alkyl halides is 3. The van der Waals surface area contributed by atoms with Crippen LogP contribution < -0.4 is 19.5 Å². The molecule has 2 atom stereocenters. The van der Waals surface area contributed by atoms with Gasteiger partial charge in [0.15, 0.2) is 11.5 Å². The molecule has 1 aliphatic rings. The number of piperidine rings is 1. The van der Waals surface area contributed by atoms with Gasteiger partial charge in [-0.05, 0) is 69.4 Å². The van der Waals surface area contributed by atoms with Crippen molar-refractivity contribution in [1.82, 2.24) is 15.1 Å². The van der Waals surface area contributed by atoms with Gasteiger partial charge in [0.05, 0.1) is 32.3 Å². The monoisotopic (exact) mass is 537 g/mol. The van der Waals surface area contributed by atoms with Crippen molar-refractivity contribution in [3.63, 3.8) is 0 Å². The number of halogens is 3. The maximum atomic E-state index is 13.1. The average Bonchev–Trinajstić information content (AvgIpc) is 2.89. The van der Waals surface area contributed by atoms with Gasteiger partial charge in [0.25, 0.3) is 0 Å². The number of carbonyl (C=O) groups excluding carboxylic acids is 1. The number of ether oxygens (including phenoxy) is 3. The number of rotatable bonds is 12. The molecule has 0 saturated carbocycles. The highest BCUT2D eigenvalue weighted by molar-refractivity contribution is 5.79. The van der Waals surface area contributed by atoms with Crippen molar-refractivity contribution in [1.29, 1.82) is 0 Å². The zero-order valence-electron chi connectivity index (χ0n) is 22.5. The highest BCUT2D eigenvalue weighted by Gasteiger charge is 2.33. The lowest BCUT2D eigenvalue weighted by Gasteiger charge is -2.37. The molecule has 1 N–H and O–H groups in total. The Hall–Kier alpha value is -2.98. The van der Waals surface area contributed by atoms with Gasteiger partial charge in [-0.15, -0.1) is 0 Å². The summed E-state index contributed by atoms with van der Waals surface area (Å²) in [6, 6.07) is 10.6. The van der Waals surface area contributed by atoms with Crippen LogP contribution in [0.5, 0.6) is 17.2 Å². The first-order valence-corrected chi connectivity index (χ1v) is 12.7. The zero-order valence-corrected chi connectivity index (χ0v) is 22.5. The van der Waals surface area contributed by atoms with Gasteiger partial charge in [0.2, 0.25) is 5.91 Å². The molecule has 1 amide bonds. The second-order valence-corrected chi connectivity index (χ2v) is 9.97. The van der Waals surface area contributed by atoms with Gasteiger partial charge in [-0.2, -0.15) is 13.2 Å². The molecule has 38 heavy (non-hydrogen) atoms. The van der Waals surface area contributed by atoms with Crippen molar-refractivity contribution in [3.05, 3.63) is 53.6 Å². The Labute approximate surface area is 222 Å². The fourth-order valence-electron chi connectivity index (χ4n) is 4.71. The van der Waals surface area contributed by atoms with Crippen molar-refractivity contribution < 1.29 is 32.2 Å². The number of methoxy groups -OCH3 is 2. The largest absolute Gasteiger partial charge is 0.493 e. The molecule has 0 bridgehead atoms. The first kappa shape index (κ1) is 29.6. The number of likely N-dealkylation sites (tertiary alicyclic amines) is 1. The van der Waals surface area contributed by atoms with E-state index in [4.69, 9.17) is 14.2 Å². The zero-order chi connectivity index (χ0) is 27.7. The number of hydrogen-bond acceptors (Lipinski definition) is 6. The number of nitrogens with one attached hydrogen (secondary N) is 1. The Morgan fingerprint density at radius 3 is 2.53 bits per heavy atom. The maximum absolute atomic E-state index is 13.1. The van der Waals surface area contributed by atoms with Crippen molar-refractivity contribution in [2.24, 2.45) is 11.8 Å². The lowest BCUT2D eigenvalue weighted by atomic mass is 9.88. The number of carbonyl (C=O) groups is 1. The molecule has 7 nitrogen and oxygen atoms in total. The highest BCUT2D eigenvalue weighted by atomic mass is 19.4. The molecule has 3 rings (SSSR count). The van der Waals surface area contributed by atoms with E-state index in [1.165, 1.54) is 12.1 Å². The van der Waals surface area contributed by atoms with Crippen LogP contribution in [-0.4, -0.2) is 76.8 Å². The van der Waals surface area contributed by atoms with Crippen LogP contribution in [-0.2, 0) is 17.5 Å². The molecule has 2 aromatic rings. The lowest BCUT2D eigenvalue weighted by molar-refractivity contribution is -0.137. The van der Waals surface area contributed by atoms with Crippen LogP contribution in [0.15, 0.2) is 42.5 Å². The second-order valence-electron chi connectivity index (χ2n) is 9.97. The molecule has 0 aromatic heterocycles. The SMILES string of the molecule is COc1ccc(CN2C[C@@H](COc3cccc(C(F)(F)F)c3)C[C@@H](C(=O)NCCCN(C)C)C2)cc1OC. The normalized spacial score (nSPS) is 18.3. The van der Waals surface area contributed by atoms with Gasteiger partial charge < -0.3 is 24.4 Å². The Balaban J connectivity index is 1.69. The van der Waals surface area contributed by atoms with Crippen LogP contribution in [0, 0.1) is 11.8 Å². The van der Waals surface area contributed by atoms with Gasteiger partial charge in [-0.3, -0.25) is 9.69 Å². The molecule has 0 aliphatic carbocycles. The molecule has 0 unspecified atom stereocenters. The molecular weight excluding hydrogens is 499 g/mol. The first-order valence-electron chi connectivity index (χ1n) is 12.7. The minimum Gasteiger partial charge on any atom is -0.493 e. The third-order valence-corrected chi connectivity index (χ3v) is 6.57. The quantitative estimate of drug-likeness (QED) is 0.408. The summed E-state index contributed by atoms with van der Waals surface area (Å²) < 4.78 is 55.9. The Bertz CT molecular complexity index is 1050. The molecule has 0 radical (unpaired) electrons. The van der Waals surface area contributed by atoms with Crippen molar-refractivity contribution in [2.75, 3.05) is 61.1 Å². The number of benzene rings is 2. The number of nitrogens with zero attached hydrogens (tertiary/aromatic N) is 2. The predicted molar refractivity (Wildman–Crippen MR) is 140 cm³/mol. The summed E-state index contributed by atoms with van der Waals surface area (Å²) in [7, 11) is 7.15. The summed E-state index contributed by atoms with van der Waals surface area (Å²) in [5.41, 5.74) is 0.260. The van der Waals surface area contributed by atoms with Gasteiger partial charge in [-0.1, -0.05) is 12.1 Å². The maximum Gasteiger partial charge on any atom is 0.416 e. The third kappa shape index (κ3) is 8.80.